The fourth-order valence-electron chi connectivity index (χ4n) is 2.62. The Labute approximate surface area is 116 Å². The fourth-order valence-corrected chi connectivity index (χ4v) is 2.62. The first-order valence-corrected chi connectivity index (χ1v) is 6.48. The molecule has 0 aliphatic carbocycles. The molecule has 110 valence electrons. The third-order valence-corrected chi connectivity index (χ3v) is 3.57. The fraction of sp³-hybridized carbons (Fsp3) is 0.500. The summed E-state index contributed by atoms with van der Waals surface area (Å²) in [6.45, 7) is 5.02. The Morgan fingerprint density at radius 1 is 1.05 bits per heavy atom. The summed E-state index contributed by atoms with van der Waals surface area (Å²) in [5, 5.41) is 0. The van der Waals surface area contributed by atoms with Gasteiger partial charge in [-0.3, -0.25) is 4.79 Å². The summed E-state index contributed by atoms with van der Waals surface area (Å²) >= 11 is 0. The molecule has 1 amide bonds. The second-order valence-electron chi connectivity index (χ2n) is 5.02. The van der Waals surface area contributed by atoms with E-state index in [-0.39, 0.29) is 13.1 Å². The quantitative estimate of drug-likeness (QED) is 0.792. The molecule has 0 unspecified atom stereocenters. The van der Waals surface area contributed by atoms with E-state index in [1.807, 2.05) is 36.9 Å². The van der Waals surface area contributed by atoms with Gasteiger partial charge in [-0.2, -0.15) is 13.2 Å². The SMILES string of the molecule is Cc1cccc(C)c1N1CCN(C(=O)C(F)(F)F)CC1. The van der Waals surface area contributed by atoms with Crippen LogP contribution in [-0.4, -0.2) is 43.2 Å². The second-order valence-corrected chi connectivity index (χ2v) is 5.02. The Kier molecular flexibility index (Phi) is 3.92. The summed E-state index contributed by atoms with van der Waals surface area (Å²) in [6.07, 6.45) is -4.78. The summed E-state index contributed by atoms with van der Waals surface area (Å²) in [5.74, 6) is -1.74. The number of rotatable bonds is 1. The van der Waals surface area contributed by atoms with E-state index in [4.69, 9.17) is 0 Å². The van der Waals surface area contributed by atoms with Crippen LogP contribution in [0.1, 0.15) is 11.1 Å². The normalized spacial score (nSPS) is 16.4. The van der Waals surface area contributed by atoms with E-state index in [0.717, 1.165) is 21.7 Å². The van der Waals surface area contributed by atoms with Crippen LogP contribution in [-0.2, 0) is 4.79 Å². The summed E-state index contributed by atoms with van der Waals surface area (Å²) < 4.78 is 37.1. The molecule has 1 saturated heterocycles. The van der Waals surface area contributed by atoms with Gasteiger partial charge in [-0.15, -0.1) is 0 Å². The molecule has 1 aliphatic heterocycles. The molecule has 3 nitrogen and oxygen atoms in total. The minimum atomic E-state index is -4.78. The molecule has 0 aromatic heterocycles. The maximum Gasteiger partial charge on any atom is 0.471 e. The third-order valence-electron chi connectivity index (χ3n) is 3.57. The van der Waals surface area contributed by atoms with E-state index in [1.54, 1.807) is 0 Å². The summed E-state index contributed by atoms with van der Waals surface area (Å²) in [5.41, 5.74) is 3.26. The largest absolute Gasteiger partial charge is 0.471 e. The number of alkyl halides is 3. The lowest BCUT2D eigenvalue weighted by atomic mass is 10.1. The first-order chi connectivity index (χ1) is 9.30. The average Bonchev–Trinajstić information content (AvgIpc) is 2.37. The molecule has 0 bridgehead atoms. The van der Waals surface area contributed by atoms with Crippen molar-refractivity contribution >= 4 is 11.6 Å². The maximum absolute atomic E-state index is 12.4. The molecule has 1 heterocycles. The van der Waals surface area contributed by atoms with E-state index in [0.29, 0.717) is 13.1 Å². The number of halogens is 3. The van der Waals surface area contributed by atoms with Crippen molar-refractivity contribution in [3.05, 3.63) is 29.3 Å². The Hall–Kier alpha value is -1.72. The lowest BCUT2D eigenvalue weighted by molar-refractivity contribution is -0.185. The molecule has 20 heavy (non-hydrogen) atoms. The van der Waals surface area contributed by atoms with Gasteiger partial charge >= 0.3 is 12.1 Å². The highest BCUT2D eigenvalue weighted by Crippen LogP contribution is 2.26. The van der Waals surface area contributed by atoms with Gasteiger partial charge in [0.15, 0.2) is 0 Å². The van der Waals surface area contributed by atoms with E-state index < -0.39 is 12.1 Å². The van der Waals surface area contributed by atoms with Gasteiger partial charge in [-0.1, -0.05) is 18.2 Å². The molecular formula is C14H17F3N2O. The molecule has 0 spiro atoms. The molecular weight excluding hydrogens is 269 g/mol. The van der Waals surface area contributed by atoms with Crippen LogP contribution in [0.4, 0.5) is 18.9 Å². The van der Waals surface area contributed by atoms with Gasteiger partial charge in [0, 0.05) is 31.9 Å². The molecule has 1 aromatic carbocycles. The van der Waals surface area contributed by atoms with Crippen molar-refractivity contribution in [2.45, 2.75) is 20.0 Å². The number of amides is 1. The van der Waals surface area contributed by atoms with Crippen LogP contribution >= 0.6 is 0 Å². The van der Waals surface area contributed by atoms with Crippen LogP contribution in [0.3, 0.4) is 0 Å². The van der Waals surface area contributed by atoms with Crippen molar-refractivity contribution in [1.29, 1.82) is 0 Å². The zero-order chi connectivity index (χ0) is 14.9. The lowest BCUT2D eigenvalue weighted by Crippen LogP contribution is -2.52. The lowest BCUT2D eigenvalue weighted by Gasteiger charge is -2.37. The van der Waals surface area contributed by atoms with Crippen molar-refractivity contribution in [2.75, 3.05) is 31.1 Å². The van der Waals surface area contributed by atoms with Crippen LogP contribution in [0.2, 0.25) is 0 Å². The third kappa shape index (κ3) is 2.89. The van der Waals surface area contributed by atoms with Crippen LogP contribution in [0.25, 0.3) is 0 Å². The van der Waals surface area contributed by atoms with Gasteiger partial charge in [-0.25, -0.2) is 0 Å². The second kappa shape index (κ2) is 5.34. The van der Waals surface area contributed by atoms with E-state index in [1.165, 1.54) is 0 Å². The van der Waals surface area contributed by atoms with E-state index in [9.17, 15) is 18.0 Å². The van der Waals surface area contributed by atoms with Crippen LogP contribution < -0.4 is 4.90 Å². The number of hydrogen-bond acceptors (Lipinski definition) is 2. The average molecular weight is 286 g/mol. The topological polar surface area (TPSA) is 23.6 Å². The van der Waals surface area contributed by atoms with Crippen LogP contribution in [0.15, 0.2) is 18.2 Å². The van der Waals surface area contributed by atoms with E-state index in [2.05, 4.69) is 0 Å². The number of carbonyl (C=O) groups is 1. The molecule has 6 heteroatoms. The van der Waals surface area contributed by atoms with E-state index >= 15 is 0 Å². The van der Waals surface area contributed by atoms with Gasteiger partial charge in [-0.05, 0) is 25.0 Å². The Balaban J connectivity index is 2.07. The highest BCUT2D eigenvalue weighted by Gasteiger charge is 2.43. The van der Waals surface area contributed by atoms with Gasteiger partial charge in [0.25, 0.3) is 0 Å². The van der Waals surface area contributed by atoms with Crippen molar-refractivity contribution in [3.63, 3.8) is 0 Å². The van der Waals surface area contributed by atoms with Crippen LogP contribution in [0.5, 0.6) is 0 Å². The molecule has 2 rings (SSSR count). The first kappa shape index (κ1) is 14.7. The summed E-state index contributed by atoms with van der Waals surface area (Å²) in [4.78, 5) is 14.1. The number of benzene rings is 1. The molecule has 0 N–H and O–H groups in total. The molecule has 0 atom stereocenters. The molecule has 0 radical (unpaired) electrons. The first-order valence-electron chi connectivity index (χ1n) is 6.48. The predicted octanol–water partition coefficient (Wildman–Crippen LogP) is 2.51. The van der Waals surface area contributed by atoms with Crippen molar-refractivity contribution in [3.8, 4) is 0 Å². The van der Waals surface area contributed by atoms with Crippen LogP contribution in [0, 0.1) is 13.8 Å². The smallest absolute Gasteiger partial charge is 0.368 e. The molecule has 0 saturated carbocycles. The number of hydrogen-bond donors (Lipinski definition) is 0. The van der Waals surface area contributed by atoms with Crippen molar-refractivity contribution in [2.24, 2.45) is 0 Å². The molecule has 1 fully saturated rings. The highest BCUT2D eigenvalue weighted by molar-refractivity contribution is 5.82. The molecule has 1 aromatic rings. The Bertz CT molecular complexity index is 485. The zero-order valence-corrected chi connectivity index (χ0v) is 11.5. The number of nitrogens with zero attached hydrogens (tertiary/aromatic N) is 2. The Morgan fingerprint density at radius 2 is 1.55 bits per heavy atom. The highest BCUT2D eigenvalue weighted by atomic mass is 19.4. The van der Waals surface area contributed by atoms with Gasteiger partial charge in [0.1, 0.15) is 0 Å². The van der Waals surface area contributed by atoms with Gasteiger partial charge < -0.3 is 9.80 Å². The van der Waals surface area contributed by atoms with Crippen molar-refractivity contribution in [1.82, 2.24) is 4.90 Å². The Morgan fingerprint density at radius 3 is 2.00 bits per heavy atom. The van der Waals surface area contributed by atoms with Crippen molar-refractivity contribution < 1.29 is 18.0 Å². The summed E-state index contributed by atoms with van der Waals surface area (Å²) in [7, 11) is 0. The monoisotopic (exact) mass is 286 g/mol. The zero-order valence-electron chi connectivity index (χ0n) is 11.5. The van der Waals surface area contributed by atoms with Gasteiger partial charge in [0.2, 0.25) is 0 Å². The number of aryl methyl sites for hydroxylation is 2. The predicted molar refractivity (Wildman–Crippen MR) is 70.8 cm³/mol. The molecule has 1 aliphatic rings. The standard InChI is InChI=1S/C14H17F3N2O/c1-10-4-3-5-11(2)12(10)18-6-8-19(9-7-18)13(20)14(15,16)17/h3-5H,6-9H2,1-2H3. The minimum Gasteiger partial charge on any atom is -0.368 e. The number of anilines is 1. The minimum absolute atomic E-state index is 0.103. The van der Waals surface area contributed by atoms with Gasteiger partial charge in [0.05, 0.1) is 0 Å². The number of para-hydroxylation sites is 1. The number of carbonyl (C=O) groups excluding carboxylic acids is 1. The summed E-state index contributed by atoms with van der Waals surface area (Å²) in [6, 6.07) is 5.92. The maximum atomic E-state index is 12.4. The number of piperazine rings is 1.